The molecule has 0 saturated heterocycles. The Balaban J connectivity index is 2.17. The lowest BCUT2D eigenvalue weighted by molar-refractivity contribution is -0.116. The van der Waals surface area contributed by atoms with Gasteiger partial charge in [0, 0.05) is 11.8 Å². The van der Waals surface area contributed by atoms with Gasteiger partial charge in [0.25, 0.3) is 0 Å². The molecule has 2 rings (SSSR count). The number of carbonyl (C=O) groups is 1. The van der Waals surface area contributed by atoms with E-state index in [-0.39, 0.29) is 18.9 Å². The number of aromatic nitrogens is 1. The van der Waals surface area contributed by atoms with Crippen molar-refractivity contribution < 1.29 is 14.3 Å². The molecule has 0 unspecified atom stereocenters. The monoisotopic (exact) mass is 206 g/mol. The molecule has 0 spiro atoms. The van der Waals surface area contributed by atoms with Crippen LogP contribution in [-0.4, -0.2) is 22.6 Å². The SMILES string of the molecule is O=C(CCO)Nc1ccc2ncoc2c1. The summed E-state index contributed by atoms with van der Waals surface area (Å²) in [6, 6.07) is 5.19. The predicted octanol–water partition coefficient (Wildman–Crippen LogP) is 1.15. The molecule has 0 fully saturated rings. The fraction of sp³-hybridized carbons (Fsp3) is 0.200. The van der Waals surface area contributed by atoms with Gasteiger partial charge in [-0.25, -0.2) is 4.98 Å². The number of benzene rings is 1. The summed E-state index contributed by atoms with van der Waals surface area (Å²) in [4.78, 5) is 15.1. The van der Waals surface area contributed by atoms with Crippen LogP contribution >= 0.6 is 0 Å². The van der Waals surface area contributed by atoms with E-state index in [1.165, 1.54) is 6.39 Å². The average molecular weight is 206 g/mol. The molecule has 15 heavy (non-hydrogen) atoms. The predicted molar refractivity (Wildman–Crippen MR) is 54.3 cm³/mol. The third kappa shape index (κ3) is 2.13. The smallest absolute Gasteiger partial charge is 0.226 e. The molecule has 0 atom stereocenters. The van der Waals surface area contributed by atoms with Crippen molar-refractivity contribution in [1.82, 2.24) is 4.98 Å². The van der Waals surface area contributed by atoms with E-state index < -0.39 is 0 Å². The van der Waals surface area contributed by atoms with Crippen LogP contribution in [0.2, 0.25) is 0 Å². The van der Waals surface area contributed by atoms with Crippen molar-refractivity contribution in [2.45, 2.75) is 6.42 Å². The molecule has 0 aliphatic carbocycles. The minimum Gasteiger partial charge on any atom is -0.443 e. The Morgan fingerprint density at radius 2 is 2.40 bits per heavy atom. The number of hydrogen-bond donors (Lipinski definition) is 2. The molecule has 1 aromatic heterocycles. The Kier molecular flexibility index (Phi) is 2.64. The molecule has 0 saturated carbocycles. The lowest BCUT2D eigenvalue weighted by atomic mass is 10.3. The summed E-state index contributed by atoms with van der Waals surface area (Å²) < 4.78 is 5.09. The number of carbonyl (C=O) groups excluding carboxylic acids is 1. The van der Waals surface area contributed by atoms with Crippen LogP contribution in [0.15, 0.2) is 29.0 Å². The fourth-order valence-electron chi connectivity index (χ4n) is 1.26. The van der Waals surface area contributed by atoms with Gasteiger partial charge < -0.3 is 14.8 Å². The molecule has 78 valence electrons. The lowest BCUT2D eigenvalue weighted by Gasteiger charge is -2.02. The molecule has 0 aliphatic heterocycles. The first-order valence-corrected chi connectivity index (χ1v) is 4.53. The number of hydrogen-bond acceptors (Lipinski definition) is 4. The molecule has 1 heterocycles. The van der Waals surface area contributed by atoms with Crippen molar-refractivity contribution in [2.24, 2.45) is 0 Å². The molecule has 1 amide bonds. The number of nitrogens with one attached hydrogen (secondary N) is 1. The highest BCUT2D eigenvalue weighted by atomic mass is 16.3. The first kappa shape index (κ1) is 9.67. The molecular weight excluding hydrogens is 196 g/mol. The third-order valence-corrected chi connectivity index (χ3v) is 1.95. The van der Waals surface area contributed by atoms with Gasteiger partial charge in [-0.1, -0.05) is 0 Å². The van der Waals surface area contributed by atoms with Crippen molar-refractivity contribution in [3.8, 4) is 0 Å². The Labute approximate surface area is 85.7 Å². The van der Waals surface area contributed by atoms with Crippen molar-refractivity contribution in [3.63, 3.8) is 0 Å². The minimum atomic E-state index is -0.226. The zero-order chi connectivity index (χ0) is 10.7. The van der Waals surface area contributed by atoms with E-state index in [1.54, 1.807) is 18.2 Å². The van der Waals surface area contributed by atoms with E-state index in [1.807, 2.05) is 0 Å². The van der Waals surface area contributed by atoms with E-state index in [9.17, 15) is 4.79 Å². The van der Waals surface area contributed by atoms with Gasteiger partial charge in [-0.2, -0.15) is 0 Å². The first-order chi connectivity index (χ1) is 7.29. The highest BCUT2D eigenvalue weighted by Crippen LogP contribution is 2.17. The highest BCUT2D eigenvalue weighted by Gasteiger charge is 2.03. The van der Waals surface area contributed by atoms with E-state index in [4.69, 9.17) is 9.52 Å². The molecule has 0 aliphatic rings. The number of fused-ring (bicyclic) bond motifs is 1. The lowest BCUT2D eigenvalue weighted by Crippen LogP contribution is -2.12. The molecule has 5 heteroatoms. The number of rotatable bonds is 3. The molecule has 0 radical (unpaired) electrons. The van der Waals surface area contributed by atoms with Crippen LogP contribution < -0.4 is 5.32 Å². The van der Waals surface area contributed by atoms with E-state index in [2.05, 4.69) is 10.3 Å². The van der Waals surface area contributed by atoms with Crippen LogP contribution in [-0.2, 0) is 4.79 Å². The van der Waals surface area contributed by atoms with Crippen LogP contribution in [0.1, 0.15) is 6.42 Å². The highest BCUT2D eigenvalue weighted by molar-refractivity contribution is 5.92. The fourth-order valence-corrected chi connectivity index (χ4v) is 1.26. The number of anilines is 1. The molecule has 2 aromatic rings. The van der Waals surface area contributed by atoms with Crippen LogP contribution in [0.25, 0.3) is 11.1 Å². The molecule has 5 nitrogen and oxygen atoms in total. The number of oxazole rings is 1. The van der Waals surface area contributed by atoms with E-state index in [0.29, 0.717) is 11.3 Å². The van der Waals surface area contributed by atoms with Gasteiger partial charge in [0.05, 0.1) is 13.0 Å². The third-order valence-electron chi connectivity index (χ3n) is 1.95. The van der Waals surface area contributed by atoms with Gasteiger partial charge in [-0.3, -0.25) is 4.79 Å². The zero-order valence-corrected chi connectivity index (χ0v) is 7.93. The first-order valence-electron chi connectivity index (χ1n) is 4.53. The summed E-state index contributed by atoms with van der Waals surface area (Å²) in [5, 5.41) is 11.2. The van der Waals surface area contributed by atoms with Crippen molar-refractivity contribution >= 4 is 22.7 Å². The Morgan fingerprint density at radius 3 is 3.20 bits per heavy atom. The minimum absolute atomic E-state index is 0.0917. The van der Waals surface area contributed by atoms with Gasteiger partial charge in [-0.15, -0.1) is 0 Å². The maximum Gasteiger partial charge on any atom is 0.226 e. The second-order valence-corrected chi connectivity index (χ2v) is 3.06. The van der Waals surface area contributed by atoms with Crippen molar-refractivity contribution in [1.29, 1.82) is 0 Å². The standard InChI is InChI=1S/C10H10N2O3/c13-4-3-10(14)12-7-1-2-8-9(5-7)15-6-11-8/h1-2,5-6,13H,3-4H2,(H,12,14). The largest absolute Gasteiger partial charge is 0.443 e. The zero-order valence-electron chi connectivity index (χ0n) is 7.93. The Hall–Kier alpha value is -1.88. The maximum absolute atomic E-state index is 11.2. The summed E-state index contributed by atoms with van der Waals surface area (Å²) in [7, 11) is 0. The summed E-state index contributed by atoms with van der Waals surface area (Å²) in [6.45, 7) is -0.156. The summed E-state index contributed by atoms with van der Waals surface area (Å²) in [6.07, 6.45) is 1.44. The van der Waals surface area contributed by atoms with Gasteiger partial charge in [0.1, 0.15) is 5.52 Å². The molecule has 2 N–H and O–H groups in total. The maximum atomic E-state index is 11.2. The molecule has 1 aromatic carbocycles. The van der Waals surface area contributed by atoms with Gasteiger partial charge in [0.2, 0.25) is 5.91 Å². The van der Waals surface area contributed by atoms with Crippen LogP contribution in [0.4, 0.5) is 5.69 Å². The second-order valence-electron chi connectivity index (χ2n) is 3.06. The second kappa shape index (κ2) is 4.10. The van der Waals surface area contributed by atoms with E-state index in [0.717, 1.165) is 5.52 Å². The van der Waals surface area contributed by atoms with Crippen LogP contribution in [0.5, 0.6) is 0 Å². The number of aliphatic hydroxyl groups is 1. The Morgan fingerprint density at radius 1 is 1.53 bits per heavy atom. The average Bonchev–Trinajstić information content (AvgIpc) is 2.65. The summed E-state index contributed by atoms with van der Waals surface area (Å²) in [5.41, 5.74) is 2.00. The number of aliphatic hydroxyl groups excluding tert-OH is 1. The summed E-state index contributed by atoms with van der Waals surface area (Å²) >= 11 is 0. The van der Waals surface area contributed by atoms with Crippen LogP contribution in [0.3, 0.4) is 0 Å². The number of nitrogens with zero attached hydrogens (tertiary/aromatic N) is 1. The normalized spacial score (nSPS) is 10.5. The Bertz CT molecular complexity index is 478. The van der Waals surface area contributed by atoms with Crippen LogP contribution in [0, 0.1) is 0 Å². The van der Waals surface area contributed by atoms with Gasteiger partial charge in [0.15, 0.2) is 12.0 Å². The molecule has 0 bridgehead atoms. The van der Waals surface area contributed by atoms with Crippen molar-refractivity contribution in [2.75, 3.05) is 11.9 Å². The van der Waals surface area contributed by atoms with Crippen molar-refractivity contribution in [3.05, 3.63) is 24.6 Å². The number of amides is 1. The van der Waals surface area contributed by atoms with Gasteiger partial charge >= 0.3 is 0 Å². The van der Waals surface area contributed by atoms with E-state index >= 15 is 0 Å². The molecular formula is C10H10N2O3. The quantitative estimate of drug-likeness (QED) is 0.789. The van der Waals surface area contributed by atoms with Gasteiger partial charge in [-0.05, 0) is 12.1 Å². The summed E-state index contributed by atoms with van der Waals surface area (Å²) in [5.74, 6) is -0.226. The topological polar surface area (TPSA) is 75.4 Å².